The van der Waals surface area contributed by atoms with E-state index in [1.54, 1.807) is 12.1 Å². The van der Waals surface area contributed by atoms with Crippen LogP contribution in [0.25, 0.3) is 0 Å². The normalized spacial score (nSPS) is 9.83. The van der Waals surface area contributed by atoms with Crippen molar-refractivity contribution in [3.8, 4) is 5.75 Å². The Morgan fingerprint density at radius 3 is 2.57 bits per heavy atom. The molecule has 0 bridgehead atoms. The van der Waals surface area contributed by atoms with E-state index in [0.29, 0.717) is 30.8 Å². The average molecular weight is 335 g/mol. The van der Waals surface area contributed by atoms with Gasteiger partial charge in [-0.1, -0.05) is 18.2 Å². The Hall–Kier alpha value is -2.20. The fourth-order valence-electron chi connectivity index (χ4n) is 2.05. The third-order valence-electron chi connectivity index (χ3n) is 3.53. The molecule has 4 nitrogen and oxygen atoms in total. The molecule has 1 amide bonds. The number of aryl methyl sites for hydroxylation is 2. The molecule has 2 aromatic rings. The zero-order chi connectivity index (χ0) is 15.9. The summed E-state index contributed by atoms with van der Waals surface area (Å²) >= 11 is 0. The van der Waals surface area contributed by atoms with E-state index in [0.717, 1.165) is 5.75 Å². The molecule has 0 saturated heterocycles. The number of nitrogen functional groups attached to an aromatic ring is 1. The summed E-state index contributed by atoms with van der Waals surface area (Å²) in [6.45, 7) is 4.64. The molecule has 2 aromatic carbocycles. The number of para-hydroxylation sites is 2. The van der Waals surface area contributed by atoms with Crippen LogP contribution in [0, 0.1) is 13.8 Å². The Kier molecular flexibility index (Phi) is 7.42. The number of nitrogens with one attached hydrogen (secondary N) is 1. The Morgan fingerprint density at radius 2 is 1.87 bits per heavy atom. The minimum absolute atomic E-state index is 0. The molecule has 0 aliphatic heterocycles. The third-order valence-corrected chi connectivity index (χ3v) is 3.53. The first-order valence-corrected chi connectivity index (χ1v) is 7.40. The number of hydrogen-bond acceptors (Lipinski definition) is 3. The van der Waals surface area contributed by atoms with Gasteiger partial charge in [0.2, 0.25) is 5.91 Å². The van der Waals surface area contributed by atoms with Gasteiger partial charge in [-0.25, -0.2) is 0 Å². The first kappa shape index (κ1) is 18.8. The van der Waals surface area contributed by atoms with Crippen LogP contribution in [0.3, 0.4) is 0 Å². The summed E-state index contributed by atoms with van der Waals surface area (Å²) in [5.41, 5.74) is 9.46. The molecule has 0 aromatic heterocycles. The summed E-state index contributed by atoms with van der Waals surface area (Å²) < 4.78 is 5.66. The van der Waals surface area contributed by atoms with Crippen molar-refractivity contribution < 1.29 is 9.53 Å². The highest BCUT2D eigenvalue weighted by molar-refractivity contribution is 5.93. The number of amides is 1. The highest BCUT2D eigenvalue weighted by Crippen LogP contribution is 2.18. The molecular weight excluding hydrogens is 312 g/mol. The van der Waals surface area contributed by atoms with Gasteiger partial charge in [0.05, 0.1) is 18.0 Å². The molecule has 0 aliphatic rings. The van der Waals surface area contributed by atoms with Gasteiger partial charge in [-0.2, -0.15) is 0 Å². The van der Waals surface area contributed by atoms with Crippen molar-refractivity contribution in [2.75, 3.05) is 17.7 Å². The van der Waals surface area contributed by atoms with Gasteiger partial charge in [-0.3, -0.25) is 4.79 Å². The Morgan fingerprint density at radius 1 is 1.13 bits per heavy atom. The van der Waals surface area contributed by atoms with Crippen molar-refractivity contribution >= 4 is 29.7 Å². The monoisotopic (exact) mass is 334 g/mol. The summed E-state index contributed by atoms with van der Waals surface area (Å²) in [5, 5.41) is 2.81. The van der Waals surface area contributed by atoms with Crippen molar-refractivity contribution in [3.05, 3.63) is 53.6 Å². The van der Waals surface area contributed by atoms with Gasteiger partial charge in [-0.05, 0) is 55.7 Å². The van der Waals surface area contributed by atoms with Crippen LogP contribution in [0.5, 0.6) is 5.75 Å². The first-order chi connectivity index (χ1) is 10.6. The molecule has 0 spiro atoms. The van der Waals surface area contributed by atoms with Crippen molar-refractivity contribution in [3.63, 3.8) is 0 Å². The molecule has 0 heterocycles. The highest BCUT2D eigenvalue weighted by atomic mass is 35.5. The molecule has 23 heavy (non-hydrogen) atoms. The topological polar surface area (TPSA) is 64.3 Å². The predicted molar refractivity (Wildman–Crippen MR) is 97.4 cm³/mol. The lowest BCUT2D eigenvalue weighted by molar-refractivity contribution is -0.116. The SMILES string of the molecule is Cc1ccc(OCCCC(=O)Nc2ccccc2N)cc1C.Cl. The van der Waals surface area contributed by atoms with E-state index in [1.165, 1.54) is 11.1 Å². The van der Waals surface area contributed by atoms with Crippen LogP contribution < -0.4 is 15.8 Å². The fraction of sp³-hybridized carbons (Fsp3) is 0.278. The number of rotatable bonds is 6. The number of anilines is 2. The van der Waals surface area contributed by atoms with Gasteiger partial charge in [0.15, 0.2) is 0 Å². The van der Waals surface area contributed by atoms with Crippen molar-refractivity contribution in [1.82, 2.24) is 0 Å². The van der Waals surface area contributed by atoms with Crippen LogP contribution in [0.15, 0.2) is 42.5 Å². The van der Waals surface area contributed by atoms with E-state index in [4.69, 9.17) is 10.5 Å². The zero-order valence-corrected chi connectivity index (χ0v) is 14.3. The Bertz CT molecular complexity index is 659. The number of carbonyl (C=O) groups excluding carboxylic acids is 1. The van der Waals surface area contributed by atoms with Crippen LogP contribution in [-0.2, 0) is 4.79 Å². The van der Waals surface area contributed by atoms with Crippen molar-refractivity contribution in [2.24, 2.45) is 0 Å². The summed E-state index contributed by atoms with van der Waals surface area (Å²) in [7, 11) is 0. The van der Waals surface area contributed by atoms with Gasteiger partial charge >= 0.3 is 0 Å². The van der Waals surface area contributed by atoms with Crippen LogP contribution in [-0.4, -0.2) is 12.5 Å². The van der Waals surface area contributed by atoms with E-state index in [-0.39, 0.29) is 18.3 Å². The minimum atomic E-state index is -0.0541. The van der Waals surface area contributed by atoms with Gasteiger partial charge in [-0.15, -0.1) is 12.4 Å². The maximum absolute atomic E-state index is 11.9. The lowest BCUT2D eigenvalue weighted by atomic mass is 10.1. The first-order valence-electron chi connectivity index (χ1n) is 7.40. The molecule has 2 rings (SSSR count). The van der Waals surface area contributed by atoms with Crippen LogP contribution in [0.1, 0.15) is 24.0 Å². The summed E-state index contributed by atoms with van der Waals surface area (Å²) in [5.74, 6) is 0.789. The van der Waals surface area contributed by atoms with Gasteiger partial charge in [0, 0.05) is 6.42 Å². The van der Waals surface area contributed by atoms with Gasteiger partial charge < -0.3 is 15.8 Å². The Balaban J connectivity index is 0.00000264. The van der Waals surface area contributed by atoms with E-state index >= 15 is 0 Å². The van der Waals surface area contributed by atoms with E-state index < -0.39 is 0 Å². The highest BCUT2D eigenvalue weighted by Gasteiger charge is 2.05. The largest absolute Gasteiger partial charge is 0.494 e. The number of ether oxygens (including phenoxy) is 1. The summed E-state index contributed by atoms with van der Waals surface area (Å²) in [4.78, 5) is 11.9. The van der Waals surface area contributed by atoms with Crippen molar-refractivity contribution in [1.29, 1.82) is 0 Å². The summed E-state index contributed by atoms with van der Waals surface area (Å²) in [6, 6.07) is 13.2. The van der Waals surface area contributed by atoms with Crippen LogP contribution >= 0.6 is 12.4 Å². The Labute approximate surface area is 143 Å². The lowest BCUT2D eigenvalue weighted by Gasteiger charge is -2.09. The van der Waals surface area contributed by atoms with E-state index in [2.05, 4.69) is 19.2 Å². The molecule has 0 aliphatic carbocycles. The molecule has 5 heteroatoms. The number of halogens is 1. The molecule has 0 unspecified atom stereocenters. The average Bonchev–Trinajstić information content (AvgIpc) is 2.49. The van der Waals surface area contributed by atoms with Crippen LogP contribution in [0.4, 0.5) is 11.4 Å². The van der Waals surface area contributed by atoms with E-state index in [9.17, 15) is 4.79 Å². The van der Waals surface area contributed by atoms with Gasteiger partial charge in [0.25, 0.3) is 0 Å². The lowest BCUT2D eigenvalue weighted by Crippen LogP contribution is -2.13. The molecule has 124 valence electrons. The fourth-order valence-corrected chi connectivity index (χ4v) is 2.05. The third kappa shape index (κ3) is 5.83. The second-order valence-electron chi connectivity index (χ2n) is 5.33. The van der Waals surface area contributed by atoms with Gasteiger partial charge in [0.1, 0.15) is 5.75 Å². The number of hydrogen-bond donors (Lipinski definition) is 2. The number of benzene rings is 2. The number of carbonyl (C=O) groups is 1. The quantitative estimate of drug-likeness (QED) is 0.617. The minimum Gasteiger partial charge on any atom is -0.494 e. The standard InChI is InChI=1S/C18H22N2O2.ClH/c1-13-9-10-15(12-14(13)2)22-11-5-8-18(21)20-17-7-4-3-6-16(17)19;/h3-4,6-7,9-10,12H,5,8,11,19H2,1-2H3,(H,20,21);1H. The maximum Gasteiger partial charge on any atom is 0.224 e. The number of nitrogens with two attached hydrogens (primary N) is 1. The zero-order valence-electron chi connectivity index (χ0n) is 13.5. The molecule has 0 saturated carbocycles. The van der Waals surface area contributed by atoms with E-state index in [1.807, 2.05) is 30.3 Å². The second-order valence-corrected chi connectivity index (χ2v) is 5.33. The molecule has 3 N–H and O–H groups in total. The maximum atomic E-state index is 11.9. The molecule has 0 fully saturated rings. The molecule has 0 radical (unpaired) electrons. The molecular formula is C18H23ClN2O2. The van der Waals surface area contributed by atoms with Crippen molar-refractivity contribution in [2.45, 2.75) is 26.7 Å². The predicted octanol–water partition coefficient (Wildman–Crippen LogP) is 4.11. The van der Waals surface area contributed by atoms with Crippen LogP contribution in [0.2, 0.25) is 0 Å². The smallest absolute Gasteiger partial charge is 0.224 e. The molecule has 0 atom stereocenters. The summed E-state index contributed by atoms with van der Waals surface area (Å²) in [6.07, 6.45) is 1.06. The second kappa shape index (κ2) is 9.06.